The molecule has 39 heavy (non-hydrogen) atoms. The third kappa shape index (κ3) is 5.25. The Kier molecular flexibility index (Phi) is 7.16. The summed E-state index contributed by atoms with van der Waals surface area (Å²) in [5.41, 5.74) is -0.225. The van der Waals surface area contributed by atoms with E-state index in [2.05, 4.69) is 20.0 Å². The fraction of sp³-hybridized carbons (Fsp3) is 0.522. The second kappa shape index (κ2) is 10.3. The van der Waals surface area contributed by atoms with Crippen molar-refractivity contribution < 1.29 is 22.0 Å². The molecule has 12 nitrogen and oxygen atoms in total. The van der Waals surface area contributed by atoms with Gasteiger partial charge in [0, 0.05) is 50.8 Å². The van der Waals surface area contributed by atoms with Gasteiger partial charge >= 0.3 is 6.03 Å². The molecule has 1 saturated carbocycles. The number of anilines is 1. The van der Waals surface area contributed by atoms with Gasteiger partial charge in [-0.3, -0.25) is 0 Å². The van der Waals surface area contributed by atoms with E-state index >= 15 is 0 Å². The number of sulfonamides is 1. The lowest BCUT2D eigenvalue weighted by atomic mass is 10.1. The Morgan fingerprint density at radius 1 is 1.26 bits per heavy atom. The summed E-state index contributed by atoms with van der Waals surface area (Å²) in [5.74, 6) is 0. The van der Waals surface area contributed by atoms with Gasteiger partial charge < -0.3 is 14.7 Å². The number of hydrogen-bond acceptors (Lipinski definition) is 9. The van der Waals surface area contributed by atoms with Gasteiger partial charge in [0.15, 0.2) is 5.01 Å². The van der Waals surface area contributed by atoms with Gasteiger partial charge in [-0.25, -0.2) is 26.7 Å². The molecule has 0 bridgehead atoms. The molecule has 1 aromatic carbocycles. The normalized spacial score (nSPS) is 17.0. The monoisotopic (exact) mass is 579 g/mol. The van der Waals surface area contributed by atoms with E-state index in [4.69, 9.17) is 0 Å². The number of nitrogens with zero attached hydrogens (tertiary/aromatic N) is 8. The molecule has 0 spiro atoms. The highest BCUT2D eigenvalue weighted by Gasteiger charge is 2.47. The summed E-state index contributed by atoms with van der Waals surface area (Å²) in [4.78, 5) is 18.1. The molecule has 0 radical (unpaired) electrons. The molecular formula is C23H27F2N9O3S2. The van der Waals surface area contributed by atoms with Crippen LogP contribution < -0.4 is 9.62 Å². The zero-order valence-corrected chi connectivity index (χ0v) is 23.0. The molecular weight excluding hydrogens is 552 g/mol. The van der Waals surface area contributed by atoms with Crippen molar-refractivity contribution in [2.75, 3.05) is 44.7 Å². The largest absolute Gasteiger partial charge is 0.367 e. The van der Waals surface area contributed by atoms with Gasteiger partial charge in [-0.05, 0) is 31.4 Å². The number of amides is 2. The third-order valence-corrected chi connectivity index (χ3v) is 9.24. The fourth-order valence-electron chi connectivity index (χ4n) is 4.54. The fourth-order valence-corrected chi connectivity index (χ4v) is 6.63. The average molecular weight is 580 g/mol. The number of halogens is 2. The second-order valence-electron chi connectivity index (χ2n) is 9.63. The van der Waals surface area contributed by atoms with Gasteiger partial charge in [0.2, 0.25) is 15.2 Å². The molecule has 16 heteroatoms. The van der Waals surface area contributed by atoms with Gasteiger partial charge in [0.1, 0.15) is 5.54 Å². The number of fused-ring (bicyclic) bond motifs is 1. The van der Waals surface area contributed by atoms with Crippen LogP contribution in [-0.2, 0) is 10.0 Å². The van der Waals surface area contributed by atoms with Crippen molar-refractivity contribution in [3.05, 3.63) is 23.3 Å². The molecule has 1 aliphatic heterocycles. The first-order chi connectivity index (χ1) is 18.6. The van der Waals surface area contributed by atoms with Crippen LogP contribution in [0.15, 0.2) is 23.2 Å². The minimum atomic E-state index is -4.11. The van der Waals surface area contributed by atoms with Crippen molar-refractivity contribution >= 4 is 44.0 Å². The van der Waals surface area contributed by atoms with Gasteiger partial charge in [-0.15, -0.1) is 10.2 Å². The first-order valence-electron chi connectivity index (χ1n) is 12.4. The number of hydrogen-bond donors (Lipinski definition) is 1. The van der Waals surface area contributed by atoms with Crippen molar-refractivity contribution in [3.63, 3.8) is 0 Å². The Hall–Kier alpha value is -3.42. The van der Waals surface area contributed by atoms with Gasteiger partial charge in [0.25, 0.3) is 6.43 Å². The maximum absolute atomic E-state index is 13.4. The van der Waals surface area contributed by atoms with Crippen molar-refractivity contribution in [2.24, 2.45) is 0 Å². The van der Waals surface area contributed by atoms with E-state index in [1.54, 1.807) is 16.8 Å². The number of carbonyl (C=O) groups excluding carboxylic acids is 1. The summed E-state index contributed by atoms with van der Waals surface area (Å²) in [6, 6.07) is 4.88. The quantitative estimate of drug-likeness (QED) is 0.430. The predicted octanol–water partition coefficient (Wildman–Crippen LogP) is 2.73. The summed E-state index contributed by atoms with van der Waals surface area (Å²) < 4.78 is 56.9. The lowest BCUT2D eigenvalue weighted by Gasteiger charge is -2.38. The molecule has 2 aromatic heterocycles. The van der Waals surface area contributed by atoms with Crippen LogP contribution in [0.25, 0.3) is 16.0 Å². The first kappa shape index (κ1) is 27.2. The highest BCUT2D eigenvalue weighted by Crippen LogP contribution is 2.38. The second-order valence-corrected chi connectivity index (χ2v) is 12.3. The minimum Gasteiger partial charge on any atom is -0.367 e. The van der Waals surface area contributed by atoms with Crippen LogP contribution in [0.4, 0.5) is 19.3 Å². The molecule has 1 saturated heterocycles. The van der Waals surface area contributed by atoms with E-state index in [-0.39, 0.29) is 16.1 Å². The molecule has 5 rings (SSSR count). The number of piperazine rings is 1. The number of nitriles is 1. The predicted molar refractivity (Wildman–Crippen MR) is 139 cm³/mol. The topological polar surface area (TPSA) is 140 Å². The maximum atomic E-state index is 13.4. The first-order valence-corrected chi connectivity index (χ1v) is 14.7. The van der Waals surface area contributed by atoms with Gasteiger partial charge in [-0.1, -0.05) is 18.3 Å². The molecule has 208 valence electrons. The van der Waals surface area contributed by atoms with Crippen molar-refractivity contribution in [2.45, 2.75) is 43.0 Å². The summed E-state index contributed by atoms with van der Waals surface area (Å²) in [5, 5.41) is 21.3. The van der Waals surface area contributed by atoms with E-state index in [0.717, 1.165) is 6.42 Å². The summed E-state index contributed by atoms with van der Waals surface area (Å²) in [6.07, 6.45) is 0.408. The van der Waals surface area contributed by atoms with Crippen LogP contribution in [0.5, 0.6) is 0 Å². The number of alkyl halides is 2. The summed E-state index contributed by atoms with van der Waals surface area (Å²) in [7, 11) is -2.35. The molecule has 2 fully saturated rings. The zero-order chi connectivity index (χ0) is 27.9. The summed E-state index contributed by atoms with van der Waals surface area (Å²) in [6.45, 7) is 4.40. The molecule has 3 heterocycles. The van der Waals surface area contributed by atoms with Crippen molar-refractivity contribution in [1.29, 1.82) is 5.26 Å². The molecule has 2 aliphatic rings. The number of nitrogens with one attached hydrogen (secondary N) is 1. The Morgan fingerprint density at radius 2 is 1.97 bits per heavy atom. The molecule has 0 unspecified atom stereocenters. The number of benzene rings is 1. The molecule has 2 amide bonds. The van der Waals surface area contributed by atoms with Crippen LogP contribution in [0, 0.1) is 11.3 Å². The van der Waals surface area contributed by atoms with Crippen LogP contribution in [0.1, 0.15) is 37.6 Å². The minimum absolute atomic E-state index is 0.0627. The number of carbonyl (C=O) groups is 1. The third-order valence-electron chi connectivity index (χ3n) is 6.82. The van der Waals surface area contributed by atoms with Crippen LogP contribution in [0.2, 0.25) is 0 Å². The van der Waals surface area contributed by atoms with Gasteiger partial charge in [-0.2, -0.15) is 15.1 Å². The Bertz CT molecular complexity index is 1540. The Morgan fingerprint density at radius 3 is 2.56 bits per heavy atom. The van der Waals surface area contributed by atoms with Crippen LogP contribution >= 0.6 is 11.3 Å². The number of rotatable bonds is 8. The Balaban J connectivity index is 1.53. The van der Waals surface area contributed by atoms with Gasteiger partial charge in [0.05, 0.1) is 22.7 Å². The lowest BCUT2D eigenvalue weighted by Crippen LogP contribution is -2.52. The standard InChI is InChI=1S/C23H27F2N9O3S2/c1-3-6-31(2)22(35)33-9-7-32(8-10-33)17-11-15(39(36,37)30-23(14-26)4-5-23)12-18-16(17)13-27-34(18)21-29-28-20(38-21)19(24)25/h11-13,19,30H,3-10H2,1-2H3. The lowest BCUT2D eigenvalue weighted by molar-refractivity contribution is 0.150. The van der Waals surface area contributed by atoms with Crippen LogP contribution in [0.3, 0.4) is 0 Å². The Labute approximate surface area is 227 Å². The highest BCUT2D eigenvalue weighted by molar-refractivity contribution is 7.89. The molecule has 1 aliphatic carbocycles. The SMILES string of the molecule is CCCN(C)C(=O)N1CCN(c2cc(S(=O)(=O)NC3(C#N)CC3)cc3c2cnn3-c2nnc(C(F)F)s2)CC1. The molecule has 3 aromatic rings. The van der Waals surface area contributed by atoms with Crippen LogP contribution in [-0.4, -0.2) is 89.5 Å². The van der Waals surface area contributed by atoms with E-state index in [1.165, 1.54) is 23.0 Å². The van der Waals surface area contributed by atoms with Crippen molar-refractivity contribution in [3.8, 4) is 11.2 Å². The molecule has 1 N–H and O–H groups in total. The highest BCUT2D eigenvalue weighted by atomic mass is 32.2. The van der Waals surface area contributed by atoms with E-state index in [0.29, 0.717) is 73.5 Å². The van der Waals surface area contributed by atoms with Crippen molar-refractivity contribution in [1.82, 2.24) is 34.5 Å². The van der Waals surface area contributed by atoms with E-state index < -0.39 is 27.0 Å². The smallest absolute Gasteiger partial charge is 0.319 e. The van der Waals surface area contributed by atoms with E-state index in [9.17, 15) is 27.3 Å². The summed E-state index contributed by atoms with van der Waals surface area (Å²) >= 11 is 0.660. The average Bonchev–Trinajstić information content (AvgIpc) is 3.30. The zero-order valence-electron chi connectivity index (χ0n) is 21.3. The van der Waals surface area contributed by atoms with E-state index in [1.807, 2.05) is 17.9 Å². The number of urea groups is 1. The maximum Gasteiger partial charge on any atom is 0.319 e. The number of aromatic nitrogens is 4. The molecule has 0 atom stereocenters.